The van der Waals surface area contributed by atoms with Crippen molar-refractivity contribution in [3.05, 3.63) is 35.3 Å². The lowest BCUT2D eigenvalue weighted by Gasteiger charge is -2.09. The van der Waals surface area contributed by atoms with Crippen molar-refractivity contribution in [3.63, 3.8) is 0 Å². The fraction of sp³-hybridized carbons (Fsp3) is 0.400. The van der Waals surface area contributed by atoms with Gasteiger partial charge in [-0.1, -0.05) is 25.5 Å². The Hall–Kier alpha value is -0.840. The third-order valence-corrected chi connectivity index (χ3v) is 4.85. The van der Waals surface area contributed by atoms with Crippen LogP contribution in [0.1, 0.15) is 31.4 Å². The molecule has 102 valence electrons. The molecule has 0 saturated heterocycles. The Balaban J connectivity index is 2.19. The zero-order chi connectivity index (χ0) is 13.7. The second-order valence-corrected chi connectivity index (χ2v) is 6.27. The first-order chi connectivity index (χ1) is 9.28. The van der Waals surface area contributed by atoms with Crippen LogP contribution in [0.15, 0.2) is 34.5 Å². The predicted octanol–water partition coefficient (Wildman–Crippen LogP) is 4.37. The summed E-state index contributed by atoms with van der Waals surface area (Å²) in [6, 6.07) is 8.58. The van der Waals surface area contributed by atoms with Crippen LogP contribution < -0.4 is 5.73 Å². The van der Waals surface area contributed by atoms with Crippen molar-refractivity contribution < 1.29 is 0 Å². The molecular weight excluding hydrogens is 272 g/mol. The van der Waals surface area contributed by atoms with Crippen molar-refractivity contribution >= 4 is 23.1 Å². The van der Waals surface area contributed by atoms with Crippen LogP contribution in [-0.4, -0.2) is 17.8 Å². The molecule has 1 aromatic heterocycles. The summed E-state index contributed by atoms with van der Waals surface area (Å²) in [5.74, 6) is 0.403. The highest BCUT2D eigenvalue weighted by molar-refractivity contribution is 7.98. The van der Waals surface area contributed by atoms with Gasteiger partial charge in [0.15, 0.2) is 0 Å². The maximum Gasteiger partial charge on any atom is 0.123 e. The van der Waals surface area contributed by atoms with Gasteiger partial charge in [-0.15, -0.1) is 23.1 Å². The Morgan fingerprint density at radius 2 is 2.05 bits per heavy atom. The molecule has 1 atom stereocenters. The van der Waals surface area contributed by atoms with Gasteiger partial charge in [-0.05, 0) is 24.8 Å². The average Bonchev–Trinajstić information content (AvgIpc) is 2.94. The predicted molar refractivity (Wildman–Crippen MR) is 86.0 cm³/mol. The molecule has 0 aliphatic carbocycles. The summed E-state index contributed by atoms with van der Waals surface area (Å²) in [4.78, 5) is 6.04. The van der Waals surface area contributed by atoms with Crippen molar-refractivity contribution in [2.24, 2.45) is 5.73 Å². The summed E-state index contributed by atoms with van der Waals surface area (Å²) >= 11 is 3.47. The summed E-state index contributed by atoms with van der Waals surface area (Å²) in [6.07, 6.45) is 4.36. The number of benzene rings is 1. The summed E-state index contributed by atoms with van der Waals surface area (Å²) in [7, 11) is 0. The minimum Gasteiger partial charge on any atom is -0.330 e. The van der Waals surface area contributed by atoms with E-state index < -0.39 is 0 Å². The molecule has 2 N–H and O–H groups in total. The lowest BCUT2D eigenvalue weighted by atomic mass is 10.0. The fourth-order valence-corrected chi connectivity index (χ4v) is 3.39. The average molecular weight is 292 g/mol. The highest BCUT2D eigenvalue weighted by atomic mass is 32.2. The van der Waals surface area contributed by atoms with Crippen LogP contribution in [0.3, 0.4) is 0 Å². The Labute approximate surface area is 123 Å². The van der Waals surface area contributed by atoms with Gasteiger partial charge in [0.25, 0.3) is 0 Å². The molecule has 19 heavy (non-hydrogen) atoms. The molecule has 0 fully saturated rings. The lowest BCUT2D eigenvalue weighted by Crippen LogP contribution is -2.12. The van der Waals surface area contributed by atoms with E-state index in [4.69, 9.17) is 10.7 Å². The second kappa shape index (κ2) is 7.08. The first-order valence-corrected chi connectivity index (χ1v) is 8.68. The topological polar surface area (TPSA) is 38.9 Å². The molecule has 2 aromatic rings. The Bertz CT molecular complexity index is 505. The number of nitrogens with two attached hydrogens (primary N) is 1. The lowest BCUT2D eigenvalue weighted by molar-refractivity contribution is 0.610. The van der Waals surface area contributed by atoms with Crippen LogP contribution in [0.5, 0.6) is 0 Å². The zero-order valence-electron chi connectivity index (χ0n) is 11.4. The number of thiazole rings is 1. The van der Waals surface area contributed by atoms with Crippen molar-refractivity contribution in [3.8, 4) is 10.6 Å². The zero-order valence-corrected chi connectivity index (χ0v) is 13.1. The van der Waals surface area contributed by atoms with Crippen LogP contribution >= 0.6 is 23.1 Å². The quantitative estimate of drug-likeness (QED) is 0.803. The van der Waals surface area contributed by atoms with Crippen LogP contribution in [0.4, 0.5) is 0 Å². The number of nitrogens with zero attached hydrogens (tertiary/aromatic N) is 1. The van der Waals surface area contributed by atoms with Gasteiger partial charge in [-0.3, -0.25) is 0 Å². The number of rotatable bonds is 6. The highest BCUT2D eigenvalue weighted by Gasteiger charge is 2.13. The van der Waals surface area contributed by atoms with E-state index in [0.717, 1.165) is 23.5 Å². The van der Waals surface area contributed by atoms with E-state index in [2.05, 4.69) is 42.8 Å². The van der Waals surface area contributed by atoms with E-state index in [1.165, 1.54) is 10.5 Å². The van der Waals surface area contributed by atoms with Crippen LogP contribution in [0.2, 0.25) is 0 Å². The summed E-state index contributed by atoms with van der Waals surface area (Å²) in [6.45, 7) is 2.87. The first kappa shape index (κ1) is 14.6. The minimum absolute atomic E-state index is 0.403. The van der Waals surface area contributed by atoms with Gasteiger partial charge in [0, 0.05) is 28.3 Å². The number of thioether (sulfide) groups is 1. The molecule has 0 spiro atoms. The number of aromatic nitrogens is 1. The molecule has 0 bridgehead atoms. The monoisotopic (exact) mass is 292 g/mol. The molecular formula is C15H20N2S2. The van der Waals surface area contributed by atoms with E-state index in [9.17, 15) is 0 Å². The Morgan fingerprint density at radius 3 is 2.63 bits per heavy atom. The Morgan fingerprint density at radius 1 is 1.32 bits per heavy atom. The van der Waals surface area contributed by atoms with E-state index >= 15 is 0 Å². The van der Waals surface area contributed by atoms with Gasteiger partial charge in [-0.2, -0.15) is 0 Å². The molecule has 2 rings (SSSR count). The van der Waals surface area contributed by atoms with Crippen molar-refractivity contribution in [1.29, 1.82) is 0 Å². The molecule has 0 amide bonds. The third kappa shape index (κ3) is 3.59. The minimum atomic E-state index is 0.403. The van der Waals surface area contributed by atoms with Gasteiger partial charge in [0.05, 0.1) is 5.69 Å². The number of hydrogen-bond donors (Lipinski definition) is 1. The van der Waals surface area contributed by atoms with Gasteiger partial charge < -0.3 is 5.73 Å². The van der Waals surface area contributed by atoms with Gasteiger partial charge >= 0.3 is 0 Å². The molecule has 0 aliphatic rings. The first-order valence-electron chi connectivity index (χ1n) is 6.58. The summed E-state index contributed by atoms with van der Waals surface area (Å²) in [5, 5.41) is 3.25. The molecule has 0 aliphatic heterocycles. The van der Waals surface area contributed by atoms with E-state index in [-0.39, 0.29) is 0 Å². The molecule has 0 radical (unpaired) electrons. The molecule has 1 unspecified atom stereocenters. The van der Waals surface area contributed by atoms with Crippen molar-refractivity contribution in [1.82, 2.24) is 4.98 Å². The maximum absolute atomic E-state index is 5.84. The van der Waals surface area contributed by atoms with Crippen LogP contribution in [0.25, 0.3) is 10.6 Å². The molecule has 1 heterocycles. The van der Waals surface area contributed by atoms with Crippen molar-refractivity contribution in [2.75, 3.05) is 12.8 Å². The smallest absolute Gasteiger partial charge is 0.123 e. The van der Waals surface area contributed by atoms with Crippen LogP contribution in [-0.2, 0) is 0 Å². The molecule has 4 heteroatoms. The molecule has 2 nitrogen and oxygen atoms in total. The second-order valence-electron chi connectivity index (χ2n) is 4.53. The highest BCUT2D eigenvalue weighted by Crippen LogP contribution is 2.29. The number of hydrogen-bond acceptors (Lipinski definition) is 4. The fourth-order valence-electron chi connectivity index (χ4n) is 2.07. The SMILES string of the molecule is CCCC(CN)c1csc(-c2ccc(SC)cc2)n1. The van der Waals surface area contributed by atoms with E-state index in [1.54, 1.807) is 23.1 Å². The van der Waals surface area contributed by atoms with Gasteiger partial charge in [0.1, 0.15) is 5.01 Å². The van der Waals surface area contributed by atoms with E-state index in [1.807, 2.05) is 0 Å². The van der Waals surface area contributed by atoms with Crippen LogP contribution in [0, 0.1) is 0 Å². The van der Waals surface area contributed by atoms with E-state index in [0.29, 0.717) is 12.5 Å². The standard InChI is InChI=1S/C15H20N2S2/c1-3-4-12(9-16)14-10-19-15(17-14)11-5-7-13(18-2)8-6-11/h5-8,10,12H,3-4,9,16H2,1-2H3. The van der Waals surface area contributed by atoms with Gasteiger partial charge in [-0.25, -0.2) is 4.98 Å². The summed E-state index contributed by atoms with van der Waals surface area (Å²) in [5.41, 5.74) is 8.19. The largest absolute Gasteiger partial charge is 0.330 e. The maximum atomic E-state index is 5.84. The Kier molecular flexibility index (Phi) is 5.43. The summed E-state index contributed by atoms with van der Waals surface area (Å²) < 4.78 is 0. The molecule has 1 aromatic carbocycles. The third-order valence-electron chi connectivity index (χ3n) is 3.20. The normalized spacial score (nSPS) is 12.6. The van der Waals surface area contributed by atoms with Crippen molar-refractivity contribution in [2.45, 2.75) is 30.6 Å². The van der Waals surface area contributed by atoms with Gasteiger partial charge in [0.2, 0.25) is 0 Å². The molecule has 0 saturated carbocycles.